The maximum Gasteiger partial charge on any atom is 0.319 e. The zero-order chi connectivity index (χ0) is 16.2. The number of para-hydroxylation sites is 1. The summed E-state index contributed by atoms with van der Waals surface area (Å²) in [6, 6.07) is 14.5. The van der Waals surface area contributed by atoms with Gasteiger partial charge in [-0.1, -0.05) is 35.9 Å². The number of anilines is 1. The van der Waals surface area contributed by atoms with Crippen LogP contribution >= 0.6 is 11.6 Å². The summed E-state index contributed by atoms with van der Waals surface area (Å²) in [4.78, 5) is 12.1. The fraction of sp³-hybridized carbons (Fsp3) is 0.235. The summed E-state index contributed by atoms with van der Waals surface area (Å²) in [5, 5.41) is 6.25. The van der Waals surface area contributed by atoms with Crippen molar-refractivity contribution in [1.29, 1.82) is 0 Å². The van der Waals surface area contributed by atoms with Crippen LogP contribution in [0.4, 0.5) is 10.5 Å². The number of nitrogens with one attached hydrogen (secondary N) is 2. The summed E-state index contributed by atoms with van der Waals surface area (Å²) in [7, 11) is 1.57. The molecule has 2 amide bonds. The highest BCUT2D eigenvalue weighted by Gasteiger charge is 2.23. The third-order valence-electron chi connectivity index (χ3n) is 3.33. The van der Waals surface area contributed by atoms with Gasteiger partial charge >= 0.3 is 6.03 Å². The van der Waals surface area contributed by atoms with E-state index in [4.69, 9.17) is 16.3 Å². The number of rotatable bonds is 4. The first-order valence-corrected chi connectivity index (χ1v) is 7.28. The Kier molecular flexibility index (Phi) is 4.93. The van der Waals surface area contributed by atoms with Gasteiger partial charge in [0.2, 0.25) is 0 Å². The van der Waals surface area contributed by atoms with Crippen LogP contribution < -0.4 is 15.4 Å². The Morgan fingerprint density at radius 3 is 2.41 bits per heavy atom. The summed E-state index contributed by atoms with van der Waals surface area (Å²) in [6.45, 7) is 3.82. The van der Waals surface area contributed by atoms with Crippen LogP contribution in [0.3, 0.4) is 0 Å². The van der Waals surface area contributed by atoms with E-state index in [1.165, 1.54) is 0 Å². The van der Waals surface area contributed by atoms with E-state index >= 15 is 0 Å². The lowest BCUT2D eigenvalue weighted by Gasteiger charge is -2.27. The number of hydrogen-bond acceptors (Lipinski definition) is 2. The summed E-state index contributed by atoms with van der Waals surface area (Å²) in [5.74, 6) is 0.606. The Morgan fingerprint density at radius 2 is 1.82 bits per heavy atom. The normalized spacial score (nSPS) is 10.9. The van der Waals surface area contributed by atoms with E-state index in [-0.39, 0.29) is 6.03 Å². The minimum atomic E-state index is -0.575. The summed E-state index contributed by atoms with van der Waals surface area (Å²) < 4.78 is 5.14. The first-order valence-electron chi connectivity index (χ1n) is 6.90. The number of methoxy groups -OCH3 is 1. The van der Waals surface area contributed by atoms with Crippen molar-refractivity contribution in [2.75, 3.05) is 12.4 Å². The molecule has 0 aliphatic heterocycles. The zero-order valence-corrected chi connectivity index (χ0v) is 13.6. The number of benzene rings is 2. The topological polar surface area (TPSA) is 50.4 Å². The molecule has 0 aromatic heterocycles. The van der Waals surface area contributed by atoms with Crippen LogP contribution in [0, 0.1) is 0 Å². The van der Waals surface area contributed by atoms with Crippen molar-refractivity contribution >= 4 is 23.3 Å². The van der Waals surface area contributed by atoms with Crippen LogP contribution in [0.15, 0.2) is 48.5 Å². The maximum atomic E-state index is 12.1. The van der Waals surface area contributed by atoms with Crippen LogP contribution in [0.2, 0.25) is 5.02 Å². The van der Waals surface area contributed by atoms with Crippen molar-refractivity contribution in [2.45, 2.75) is 19.4 Å². The molecule has 2 aromatic rings. The zero-order valence-electron chi connectivity index (χ0n) is 12.8. The number of carbonyl (C=O) groups excluding carboxylic acids is 1. The lowest BCUT2D eigenvalue weighted by molar-refractivity contribution is 0.242. The van der Waals surface area contributed by atoms with E-state index in [1.54, 1.807) is 19.2 Å². The van der Waals surface area contributed by atoms with E-state index < -0.39 is 5.54 Å². The van der Waals surface area contributed by atoms with Gasteiger partial charge in [-0.3, -0.25) is 0 Å². The number of urea groups is 1. The molecule has 0 spiro atoms. The van der Waals surface area contributed by atoms with Crippen molar-refractivity contribution in [3.63, 3.8) is 0 Å². The standard InChI is InChI=1S/C17H19ClN2O2/c1-17(2,12-9-10-15(22-3)14(18)11-12)20-16(21)19-13-7-5-4-6-8-13/h4-11H,1-3H3,(H2,19,20,21). The number of ether oxygens (including phenoxy) is 1. The fourth-order valence-corrected chi connectivity index (χ4v) is 2.35. The van der Waals surface area contributed by atoms with E-state index in [0.29, 0.717) is 10.8 Å². The van der Waals surface area contributed by atoms with Gasteiger partial charge in [0.05, 0.1) is 17.7 Å². The molecular formula is C17H19ClN2O2. The molecule has 0 radical (unpaired) electrons. The van der Waals surface area contributed by atoms with Gasteiger partial charge in [0.1, 0.15) is 5.75 Å². The largest absolute Gasteiger partial charge is 0.495 e. The van der Waals surface area contributed by atoms with E-state index in [1.807, 2.05) is 50.2 Å². The highest BCUT2D eigenvalue weighted by molar-refractivity contribution is 6.32. The molecular weight excluding hydrogens is 300 g/mol. The second-order valence-electron chi connectivity index (χ2n) is 5.42. The molecule has 0 fully saturated rings. The van der Waals surface area contributed by atoms with E-state index in [9.17, 15) is 4.79 Å². The molecule has 116 valence electrons. The minimum absolute atomic E-state index is 0.275. The van der Waals surface area contributed by atoms with Crippen LogP contribution in [0.1, 0.15) is 19.4 Å². The molecule has 0 aliphatic rings. The summed E-state index contributed by atoms with van der Waals surface area (Å²) in [6.07, 6.45) is 0. The van der Waals surface area contributed by atoms with Gasteiger partial charge in [0.15, 0.2) is 0 Å². The maximum absolute atomic E-state index is 12.1. The van der Waals surface area contributed by atoms with Crippen LogP contribution in [0.5, 0.6) is 5.75 Å². The van der Waals surface area contributed by atoms with Gasteiger partial charge in [-0.15, -0.1) is 0 Å². The molecule has 2 N–H and O–H groups in total. The molecule has 5 heteroatoms. The average molecular weight is 319 g/mol. The molecule has 2 aromatic carbocycles. The second kappa shape index (κ2) is 6.71. The number of amides is 2. The molecule has 22 heavy (non-hydrogen) atoms. The third-order valence-corrected chi connectivity index (χ3v) is 3.63. The molecule has 0 aliphatic carbocycles. The molecule has 0 heterocycles. The van der Waals surface area contributed by atoms with Crippen molar-refractivity contribution in [3.8, 4) is 5.75 Å². The average Bonchev–Trinajstić information content (AvgIpc) is 2.47. The Labute approximate surface area is 135 Å². The Hall–Kier alpha value is -2.20. The molecule has 0 bridgehead atoms. The Morgan fingerprint density at radius 1 is 1.14 bits per heavy atom. The molecule has 0 atom stereocenters. The van der Waals surface area contributed by atoms with Crippen molar-refractivity contribution in [2.24, 2.45) is 0 Å². The van der Waals surface area contributed by atoms with Gasteiger partial charge in [-0.25, -0.2) is 4.79 Å². The highest BCUT2D eigenvalue weighted by atomic mass is 35.5. The van der Waals surface area contributed by atoms with Crippen molar-refractivity contribution in [1.82, 2.24) is 5.32 Å². The summed E-state index contributed by atoms with van der Waals surface area (Å²) >= 11 is 6.15. The monoisotopic (exact) mass is 318 g/mol. The first-order chi connectivity index (χ1) is 10.4. The van der Waals surface area contributed by atoms with Crippen LogP contribution in [-0.4, -0.2) is 13.1 Å². The quantitative estimate of drug-likeness (QED) is 0.877. The van der Waals surface area contributed by atoms with Gasteiger partial charge in [-0.2, -0.15) is 0 Å². The molecule has 0 unspecified atom stereocenters. The molecule has 0 saturated carbocycles. The number of halogens is 1. The predicted molar refractivity (Wildman–Crippen MR) is 89.6 cm³/mol. The molecule has 2 rings (SSSR count). The third kappa shape index (κ3) is 3.92. The van der Waals surface area contributed by atoms with E-state index in [2.05, 4.69) is 10.6 Å². The lowest BCUT2D eigenvalue weighted by atomic mass is 9.94. The van der Waals surface area contributed by atoms with Gasteiger partial charge < -0.3 is 15.4 Å². The Bertz CT molecular complexity index is 657. The Balaban J connectivity index is 2.10. The van der Waals surface area contributed by atoms with Gasteiger partial charge in [0.25, 0.3) is 0 Å². The van der Waals surface area contributed by atoms with Crippen molar-refractivity contribution < 1.29 is 9.53 Å². The SMILES string of the molecule is COc1ccc(C(C)(C)NC(=O)Nc2ccccc2)cc1Cl. The molecule has 4 nitrogen and oxygen atoms in total. The smallest absolute Gasteiger partial charge is 0.319 e. The number of hydrogen-bond donors (Lipinski definition) is 2. The minimum Gasteiger partial charge on any atom is -0.495 e. The van der Waals surface area contributed by atoms with Gasteiger partial charge in [-0.05, 0) is 43.7 Å². The van der Waals surface area contributed by atoms with Crippen LogP contribution in [-0.2, 0) is 5.54 Å². The lowest BCUT2D eigenvalue weighted by Crippen LogP contribution is -2.43. The number of carbonyl (C=O) groups is 1. The molecule has 0 saturated heterocycles. The second-order valence-corrected chi connectivity index (χ2v) is 5.83. The van der Waals surface area contributed by atoms with Crippen molar-refractivity contribution in [3.05, 3.63) is 59.1 Å². The first kappa shape index (κ1) is 16.2. The fourth-order valence-electron chi connectivity index (χ4n) is 2.09. The highest BCUT2D eigenvalue weighted by Crippen LogP contribution is 2.30. The van der Waals surface area contributed by atoms with E-state index in [0.717, 1.165) is 11.3 Å². The van der Waals surface area contributed by atoms with Crippen LogP contribution in [0.25, 0.3) is 0 Å². The van der Waals surface area contributed by atoms with Gasteiger partial charge in [0, 0.05) is 5.69 Å². The predicted octanol–water partition coefficient (Wildman–Crippen LogP) is 4.41. The summed E-state index contributed by atoms with van der Waals surface area (Å²) in [5.41, 5.74) is 1.06.